The number of rotatable bonds is 7. The molecule has 0 spiro atoms. The highest BCUT2D eigenvalue weighted by molar-refractivity contribution is 5.76. The van der Waals surface area contributed by atoms with Gasteiger partial charge in [-0.05, 0) is 42.8 Å². The maximum atomic E-state index is 13.0. The Balaban J connectivity index is 1.23. The maximum absolute atomic E-state index is 13.0. The minimum Gasteiger partial charge on any atom is -0.375 e. The van der Waals surface area contributed by atoms with Gasteiger partial charge in [0, 0.05) is 44.2 Å². The van der Waals surface area contributed by atoms with Crippen LogP contribution in [0, 0.1) is 5.82 Å². The van der Waals surface area contributed by atoms with Crippen molar-refractivity contribution in [1.82, 2.24) is 20.4 Å². The zero-order chi connectivity index (χ0) is 21.6. The van der Waals surface area contributed by atoms with Crippen molar-refractivity contribution in [1.29, 1.82) is 0 Å². The van der Waals surface area contributed by atoms with Crippen LogP contribution in [0.4, 0.5) is 10.2 Å². The number of carbonyl (C=O) groups excluding carboxylic acids is 1. The number of nitrogens with zero attached hydrogens (tertiary/aromatic N) is 4. The molecular formula is C22H24FN5O3. The summed E-state index contributed by atoms with van der Waals surface area (Å²) in [5.74, 6) is 1.20. The van der Waals surface area contributed by atoms with Gasteiger partial charge in [-0.1, -0.05) is 11.2 Å². The molecule has 31 heavy (non-hydrogen) atoms. The molecule has 8 nitrogen and oxygen atoms in total. The standard InChI is InChI=1S/C22H24FN5O3/c1-15-14-28(10-11-30-15)19-7-2-16(12-24-19)13-25-20(29)8-9-21-26-22(27-31-21)17-3-5-18(23)6-4-17/h2-7,12,15H,8-11,13-14H2,1H3,(H,25,29). The second-order valence-corrected chi connectivity index (χ2v) is 7.45. The number of aromatic nitrogens is 3. The summed E-state index contributed by atoms with van der Waals surface area (Å²) in [6.45, 7) is 4.80. The number of carbonyl (C=O) groups is 1. The van der Waals surface area contributed by atoms with E-state index in [2.05, 4.69) is 25.3 Å². The predicted octanol–water partition coefficient (Wildman–Crippen LogP) is 2.74. The number of amides is 1. The lowest BCUT2D eigenvalue weighted by atomic mass is 10.2. The molecule has 3 aromatic rings. The summed E-state index contributed by atoms with van der Waals surface area (Å²) in [4.78, 5) is 23.1. The zero-order valence-corrected chi connectivity index (χ0v) is 17.3. The van der Waals surface area contributed by atoms with Crippen LogP contribution in [0.15, 0.2) is 47.1 Å². The number of aryl methyl sites for hydroxylation is 1. The van der Waals surface area contributed by atoms with Gasteiger partial charge in [-0.3, -0.25) is 4.79 Å². The Hall–Kier alpha value is -3.33. The predicted molar refractivity (Wildman–Crippen MR) is 112 cm³/mol. The molecule has 3 heterocycles. The lowest BCUT2D eigenvalue weighted by molar-refractivity contribution is -0.121. The van der Waals surface area contributed by atoms with Crippen LogP contribution in [0.3, 0.4) is 0 Å². The molecule has 9 heteroatoms. The van der Waals surface area contributed by atoms with Gasteiger partial charge < -0.3 is 19.5 Å². The Morgan fingerprint density at radius 3 is 2.84 bits per heavy atom. The van der Waals surface area contributed by atoms with Crippen molar-refractivity contribution in [3.05, 3.63) is 59.9 Å². The van der Waals surface area contributed by atoms with Crippen LogP contribution in [0.5, 0.6) is 0 Å². The first-order valence-electron chi connectivity index (χ1n) is 10.2. The van der Waals surface area contributed by atoms with E-state index in [-0.39, 0.29) is 24.2 Å². The number of pyridine rings is 1. The fraction of sp³-hybridized carbons (Fsp3) is 0.364. The van der Waals surface area contributed by atoms with E-state index >= 15 is 0 Å². The van der Waals surface area contributed by atoms with Gasteiger partial charge >= 0.3 is 0 Å². The Kier molecular flexibility index (Phi) is 6.51. The van der Waals surface area contributed by atoms with Crippen LogP contribution >= 0.6 is 0 Å². The van der Waals surface area contributed by atoms with Crippen molar-refractivity contribution in [2.45, 2.75) is 32.4 Å². The third kappa shape index (κ3) is 5.64. The van der Waals surface area contributed by atoms with Crippen molar-refractivity contribution in [2.24, 2.45) is 0 Å². The van der Waals surface area contributed by atoms with Gasteiger partial charge in [-0.2, -0.15) is 4.98 Å². The quantitative estimate of drug-likeness (QED) is 0.622. The van der Waals surface area contributed by atoms with E-state index in [0.717, 1.165) is 24.5 Å². The first-order chi connectivity index (χ1) is 15.1. The summed E-state index contributed by atoms with van der Waals surface area (Å²) in [5.41, 5.74) is 1.58. The molecule has 1 fully saturated rings. The smallest absolute Gasteiger partial charge is 0.227 e. The summed E-state index contributed by atoms with van der Waals surface area (Å²) >= 11 is 0. The monoisotopic (exact) mass is 425 g/mol. The fourth-order valence-corrected chi connectivity index (χ4v) is 3.32. The summed E-state index contributed by atoms with van der Waals surface area (Å²) < 4.78 is 23.8. The van der Waals surface area contributed by atoms with Crippen molar-refractivity contribution in [2.75, 3.05) is 24.6 Å². The SMILES string of the molecule is CC1CN(c2ccc(CNC(=O)CCc3nc(-c4ccc(F)cc4)no3)cn2)CCO1. The lowest BCUT2D eigenvalue weighted by Crippen LogP contribution is -2.41. The maximum Gasteiger partial charge on any atom is 0.227 e. The second-order valence-electron chi connectivity index (χ2n) is 7.45. The molecule has 1 aliphatic rings. The van der Waals surface area contributed by atoms with E-state index in [1.54, 1.807) is 18.3 Å². The molecule has 0 aliphatic carbocycles. The van der Waals surface area contributed by atoms with Crippen molar-refractivity contribution in [3.63, 3.8) is 0 Å². The number of morpholine rings is 1. The van der Waals surface area contributed by atoms with E-state index in [1.165, 1.54) is 12.1 Å². The van der Waals surface area contributed by atoms with Gasteiger partial charge in [0.25, 0.3) is 0 Å². The molecule has 1 aliphatic heterocycles. The molecule has 1 atom stereocenters. The van der Waals surface area contributed by atoms with Crippen molar-refractivity contribution < 1.29 is 18.4 Å². The molecule has 1 saturated heterocycles. The third-order valence-electron chi connectivity index (χ3n) is 5.00. The number of hydrogen-bond donors (Lipinski definition) is 1. The average Bonchev–Trinajstić information content (AvgIpc) is 3.26. The highest BCUT2D eigenvalue weighted by atomic mass is 19.1. The van der Waals surface area contributed by atoms with E-state index < -0.39 is 0 Å². The topological polar surface area (TPSA) is 93.4 Å². The van der Waals surface area contributed by atoms with Gasteiger partial charge in [-0.15, -0.1) is 0 Å². The molecule has 4 rings (SSSR count). The van der Waals surface area contributed by atoms with Crippen LogP contribution in [0.2, 0.25) is 0 Å². The summed E-state index contributed by atoms with van der Waals surface area (Å²) in [6.07, 6.45) is 2.53. The molecule has 1 unspecified atom stereocenters. The number of anilines is 1. The molecule has 162 valence electrons. The highest BCUT2D eigenvalue weighted by Crippen LogP contribution is 2.17. The molecule has 0 bridgehead atoms. The second kappa shape index (κ2) is 9.65. The zero-order valence-electron chi connectivity index (χ0n) is 17.3. The van der Waals surface area contributed by atoms with E-state index in [1.807, 2.05) is 19.1 Å². The van der Waals surface area contributed by atoms with Gasteiger partial charge in [0.1, 0.15) is 11.6 Å². The number of ether oxygens (including phenoxy) is 1. The summed E-state index contributed by atoms with van der Waals surface area (Å²) in [5, 5.41) is 6.75. The molecular weight excluding hydrogens is 401 g/mol. The van der Waals surface area contributed by atoms with Crippen LogP contribution in [-0.2, 0) is 22.5 Å². The van der Waals surface area contributed by atoms with Crippen LogP contribution in [0.1, 0.15) is 24.8 Å². The first-order valence-corrected chi connectivity index (χ1v) is 10.2. The van der Waals surface area contributed by atoms with Crippen LogP contribution < -0.4 is 10.2 Å². The number of halogens is 1. The third-order valence-corrected chi connectivity index (χ3v) is 5.00. The Morgan fingerprint density at radius 1 is 1.26 bits per heavy atom. The van der Waals surface area contributed by atoms with Gasteiger partial charge in [0.2, 0.25) is 17.6 Å². The van der Waals surface area contributed by atoms with Crippen LogP contribution in [0.25, 0.3) is 11.4 Å². The normalized spacial score (nSPS) is 16.3. The van der Waals surface area contributed by atoms with E-state index in [0.29, 0.717) is 36.9 Å². The first kappa shape index (κ1) is 20.9. The van der Waals surface area contributed by atoms with Crippen molar-refractivity contribution in [3.8, 4) is 11.4 Å². The molecule has 2 aromatic heterocycles. The van der Waals surface area contributed by atoms with Gasteiger partial charge in [0.15, 0.2) is 0 Å². The molecule has 0 saturated carbocycles. The number of nitrogens with one attached hydrogen (secondary N) is 1. The Bertz CT molecular complexity index is 1010. The Labute approximate surface area is 179 Å². The minimum absolute atomic E-state index is 0.118. The van der Waals surface area contributed by atoms with Crippen LogP contribution in [-0.4, -0.2) is 46.8 Å². The summed E-state index contributed by atoms with van der Waals surface area (Å²) in [7, 11) is 0. The van der Waals surface area contributed by atoms with E-state index in [4.69, 9.17) is 9.26 Å². The molecule has 1 aromatic carbocycles. The summed E-state index contributed by atoms with van der Waals surface area (Å²) in [6, 6.07) is 9.76. The number of benzene rings is 1. The minimum atomic E-state index is -0.329. The molecule has 1 amide bonds. The molecule has 0 radical (unpaired) electrons. The highest BCUT2D eigenvalue weighted by Gasteiger charge is 2.17. The van der Waals surface area contributed by atoms with Gasteiger partial charge in [-0.25, -0.2) is 9.37 Å². The molecule has 1 N–H and O–H groups in total. The van der Waals surface area contributed by atoms with Gasteiger partial charge in [0.05, 0.1) is 12.7 Å². The average molecular weight is 425 g/mol. The number of hydrogen-bond acceptors (Lipinski definition) is 7. The van der Waals surface area contributed by atoms with E-state index in [9.17, 15) is 9.18 Å². The fourth-order valence-electron chi connectivity index (χ4n) is 3.32. The lowest BCUT2D eigenvalue weighted by Gasteiger charge is -2.32. The Morgan fingerprint density at radius 2 is 2.10 bits per heavy atom. The van der Waals surface area contributed by atoms with Crippen molar-refractivity contribution >= 4 is 11.7 Å². The largest absolute Gasteiger partial charge is 0.375 e.